The molecule has 1 amide bonds. The number of nitro groups is 1. The number of nitrogens with one attached hydrogen (secondary N) is 1. The first kappa shape index (κ1) is 17.0. The van der Waals surface area contributed by atoms with Crippen LogP contribution in [0.4, 0.5) is 10.8 Å². The number of nitrogens with zero attached hydrogens (tertiary/aromatic N) is 3. The lowest BCUT2D eigenvalue weighted by molar-refractivity contribution is -0.384. The number of aromatic nitrogens is 1. The highest BCUT2D eigenvalue weighted by atomic mass is 32.1. The molecule has 0 aliphatic heterocycles. The average Bonchev–Trinajstić information content (AvgIpc) is 2.96. The van der Waals surface area contributed by atoms with Gasteiger partial charge in [0.1, 0.15) is 0 Å². The van der Waals surface area contributed by atoms with E-state index in [1.165, 1.54) is 30.4 Å². The van der Waals surface area contributed by atoms with Crippen LogP contribution in [0.15, 0.2) is 29.6 Å². The first-order valence-corrected chi connectivity index (χ1v) is 8.05. The zero-order valence-electron chi connectivity index (χ0n) is 13.0. The topological polar surface area (TPSA) is 88.4 Å². The molecule has 0 aliphatic rings. The Morgan fingerprint density at radius 2 is 2.04 bits per heavy atom. The molecular weight excluding hydrogens is 316 g/mol. The molecule has 0 radical (unpaired) electrons. The van der Waals surface area contributed by atoms with Gasteiger partial charge in [0, 0.05) is 44.1 Å². The van der Waals surface area contributed by atoms with Crippen molar-refractivity contribution in [2.45, 2.75) is 26.9 Å². The largest absolute Gasteiger partial charge is 0.307 e. The van der Waals surface area contributed by atoms with Crippen LogP contribution < -0.4 is 10.2 Å². The molecule has 0 fully saturated rings. The molecule has 0 spiro atoms. The molecule has 1 aromatic heterocycles. The highest BCUT2D eigenvalue weighted by Gasteiger charge is 2.13. The van der Waals surface area contributed by atoms with E-state index in [9.17, 15) is 14.9 Å². The molecule has 7 nitrogen and oxygen atoms in total. The van der Waals surface area contributed by atoms with Crippen molar-refractivity contribution in [3.63, 3.8) is 0 Å². The van der Waals surface area contributed by atoms with E-state index in [0.717, 1.165) is 11.3 Å². The summed E-state index contributed by atoms with van der Waals surface area (Å²) in [5.74, 6) is -0.0211. The molecule has 0 unspecified atom stereocenters. The van der Waals surface area contributed by atoms with Crippen molar-refractivity contribution in [3.05, 3.63) is 51.0 Å². The predicted molar refractivity (Wildman–Crippen MR) is 89.5 cm³/mol. The van der Waals surface area contributed by atoms with Crippen LogP contribution in [0, 0.1) is 10.1 Å². The molecule has 1 aromatic carbocycles. The Labute approximate surface area is 138 Å². The number of nitro benzene ring substituents is 1. The minimum atomic E-state index is -0.414. The Morgan fingerprint density at radius 1 is 1.35 bits per heavy atom. The SMILES string of the molecule is CCN(C(C)=O)c1nc(CNCc2ccc([N+](=O)[O-])cc2)cs1. The van der Waals surface area contributed by atoms with Crippen molar-refractivity contribution in [1.29, 1.82) is 0 Å². The number of rotatable bonds is 7. The fourth-order valence-corrected chi connectivity index (χ4v) is 3.00. The minimum Gasteiger partial charge on any atom is -0.307 e. The van der Waals surface area contributed by atoms with Gasteiger partial charge in [0.25, 0.3) is 5.69 Å². The summed E-state index contributed by atoms with van der Waals surface area (Å²) >= 11 is 1.44. The molecule has 122 valence electrons. The van der Waals surface area contributed by atoms with Crippen LogP contribution in [-0.4, -0.2) is 22.4 Å². The zero-order chi connectivity index (χ0) is 16.8. The van der Waals surface area contributed by atoms with Gasteiger partial charge in [-0.3, -0.25) is 19.8 Å². The van der Waals surface area contributed by atoms with Gasteiger partial charge in [-0.2, -0.15) is 0 Å². The second-order valence-corrected chi connectivity index (χ2v) is 5.75. The monoisotopic (exact) mass is 334 g/mol. The van der Waals surface area contributed by atoms with Crippen LogP contribution in [0.5, 0.6) is 0 Å². The molecule has 2 rings (SSSR count). The smallest absolute Gasteiger partial charge is 0.269 e. The van der Waals surface area contributed by atoms with Crippen molar-refractivity contribution >= 4 is 28.1 Å². The van der Waals surface area contributed by atoms with Gasteiger partial charge in [0.2, 0.25) is 5.91 Å². The fourth-order valence-electron chi connectivity index (χ4n) is 2.06. The third-order valence-electron chi connectivity index (χ3n) is 3.25. The molecule has 0 aliphatic carbocycles. The first-order chi connectivity index (χ1) is 11.0. The lowest BCUT2D eigenvalue weighted by Crippen LogP contribution is -2.27. The molecule has 1 heterocycles. The molecule has 0 bridgehead atoms. The van der Waals surface area contributed by atoms with Crippen LogP contribution in [0.2, 0.25) is 0 Å². The number of carbonyl (C=O) groups excluding carboxylic acids is 1. The highest BCUT2D eigenvalue weighted by Crippen LogP contribution is 2.20. The van der Waals surface area contributed by atoms with E-state index in [2.05, 4.69) is 10.3 Å². The third kappa shape index (κ3) is 4.57. The van der Waals surface area contributed by atoms with E-state index in [4.69, 9.17) is 0 Å². The number of carbonyl (C=O) groups is 1. The Bertz CT molecular complexity index is 684. The van der Waals surface area contributed by atoms with Gasteiger partial charge >= 0.3 is 0 Å². The Hall–Kier alpha value is -2.32. The van der Waals surface area contributed by atoms with Gasteiger partial charge in [0.05, 0.1) is 10.6 Å². The van der Waals surface area contributed by atoms with E-state index in [-0.39, 0.29) is 11.6 Å². The maximum absolute atomic E-state index is 11.5. The minimum absolute atomic E-state index is 0.0211. The van der Waals surface area contributed by atoms with Gasteiger partial charge in [-0.15, -0.1) is 11.3 Å². The number of hydrogen-bond donors (Lipinski definition) is 1. The molecule has 2 aromatic rings. The van der Waals surface area contributed by atoms with Gasteiger partial charge in [-0.05, 0) is 12.5 Å². The summed E-state index contributed by atoms with van der Waals surface area (Å²) in [4.78, 5) is 27.7. The molecule has 23 heavy (non-hydrogen) atoms. The first-order valence-electron chi connectivity index (χ1n) is 7.17. The third-order valence-corrected chi connectivity index (χ3v) is 4.16. The maximum atomic E-state index is 11.5. The highest BCUT2D eigenvalue weighted by molar-refractivity contribution is 7.14. The quantitative estimate of drug-likeness (QED) is 0.621. The fraction of sp³-hybridized carbons (Fsp3) is 0.333. The molecule has 1 N–H and O–H groups in total. The Balaban J connectivity index is 1.88. The maximum Gasteiger partial charge on any atom is 0.269 e. The number of benzene rings is 1. The number of anilines is 1. The predicted octanol–water partition coefficient (Wildman–Crippen LogP) is 2.71. The van der Waals surface area contributed by atoms with E-state index in [1.54, 1.807) is 17.0 Å². The number of thiazole rings is 1. The van der Waals surface area contributed by atoms with Crippen LogP contribution in [-0.2, 0) is 17.9 Å². The number of hydrogen-bond acceptors (Lipinski definition) is 6. The van der Waals surface area contributed by atoms with Crippen LogP contribution in [0.25, 0.3) is 0 Å². The summed E-state index contributed by atoms with van der Waals surface area (Å²) in [6.45, 7) is 5.20. The van der Waals surface area contributed by atoms with E-state index in [0.29, 0.717) is 24.8 Å². The second-order valence-electron chi connectivity index (χ2n) is 4.91. The van der Waals surface area contributed by atoms with Crippen molar-refractivity contribution in [2.75, 3.05) is 11.4 Å². The average molecular weight is 334 g/mol. The summed E-state index contributed by atoms with van der Waals surface area (Å²) in [6, 6.07) is 6.44. The van der Waals surface area contributed by atoms with Crippen molar-refractivity contribution < 1.29 is 9.72 Å². The van der Waals surface area contributed by atoms with Crippen molar-refractivity contribution in [1.82, 2.24) is 10.3 Å². The van der Waals surface area contributed by atoms with Crippen LogP contribution in [0.1, 0.15) is 25.1 Å². The Kier molecular flexibility index (Phi) is 5.78. The van der Waals surface area contributed by atoms with E-state index < -0.39 is 4.92 Å². The Morgan fingerprint density at radius 3 is 2.61 bits per heavy atom. The van der Waals surface area contributed by atoms with Gasteiger partial charge in [0.15, 0.2) is 5.13 Å². The van der Waals surface area contributed by atoms with E-state index in [1.807, 2.05) is 12.3 Å². The van der Waals surface area contributed by atoms with Gasteiger partial charge in [-0.1, -0.05) is 12.1 Å². The second kappa shape index (κ2) is 7.80. The van der Waals surface area contributed by atoms with E-state index >= 15 is 0 Å². The van der Waals surface area contributed by atoms with Crippen molar-refractivity contribution in [3.8, 4) is 0 Å². The normalized spacial score (nSPS) is 10.5. The molecule has 0 atom stereocenters. The van der Waals surface area contributed by atoms with Crippen LogP contribution >= 0.6 is 11.3 Å². The van der Waals surface area contributed by atoms with Crippen LogP contribution in [0.3, 0.4) is 0 Å². The van der Waals surface area contributed by atoms with Gasteiger partial charge < -0.3 is 5.32 Å². The van der Waals surface area contributed by atoms with Crippen molar-refractivity contribution in [2.24, 2.45) is 0 Å². The lowest BCUT2D eigenvalue weighted by Gasteiger charge is -2.14. The molecular formula is C15H18N4O3S. The summed E-state index contributed by atoms with van der Waals surface area (Å²) in [5.41, 5.74) is 1.92. The summed E-state index contributed by atoms with van der Waals surface area (Å²) in [6.07, 6.45) is 0. The molecule has 0 saturated carbocycles. The molecule has 8 heteroatoms. The molecule has 0 saturated heterocycles. The number of amides is 1. The van der Waals surface area contributed by atoms with Gasteiger partial charge in [-0.25, -0.2) is 4.98 Å². The standard InChI is InChI=1S/C15H18N4O3S/c1-3-18(11(2)20)15-17-13(10-23-15)9-16-8-12-4-6-14(7-5-12)19(21)22/h4-7,10,16H,3,8-9H2,1-2H3. The summed E-state index contributed by atoms with van der Waals surface area (Å²) < 4.78 is 0. The summed E-state index contributed by atoms with van der Waals surface area (Å²) in [7, 11) is 0. The number of non-ortho nitro benzene ring substituents is 1. The summed E-state index contributed by atoms with van der Waals surface area (Å²) in [5, 5.41) is 16.5. The lowest BCUT2D eigenvalue weighted by atomic mass is 10.2. The zero-order valence-corrected chi connectivity index (χ0v) is 13.8.